The first-order valence-electron chi connectivity index (χ1n) is 5.80. The Hall–Kier alpha value is -0.910. The number of aliphatic hydroxyl groups is 1. The van der Waals surface area contributed by atoms with Crippen molar-refractivity contribution in [1.29, 1.82) is 0 Å². The number of nitrogens with zero attached hydrogens (tertiary/aromatic N) is 1. The largest absolute Gasteiger partial charge is 0.394 e. The molecule has 1 aromatic rings. The second-order valence-corrected chi connectivity index (χ2v) is 7.02. The number of aromatic amines is 1. The monoisotopic (exact) mass is 339 g/mol. The molecule has 1 fully saturated rings. The van der Waals surface area contributed by atoms with Crippen molar-refractivity contribution in [2.24, 2.45) is 5.73 Å². The highest BCUT2D eigenvalue weighted by molar-refractivity contribution is 8.06. The van der Waals surface area contributed by atoms with Crippen LogP contribution in [0.4, 0.5) is 0 Å². The first kappa shape index (κ1) is 16.5. The zero-order valence-electron chi connectivity index (χ0n) is 10.5. The van der Waals surface area contributed by atoms with Gasteiger partial charge in [-0.2, -0.15) is 0 Å². The molecule has 0 bridgehead atoms. The van der Waals surface area contributed by atoms with Crippen LogP contribution in [0.1, 0.15) is 6.23 Å². The van der Waals surface area contributed by atoms with E-state index < -0.39 is 49.1 Å². The van der Waals surface area contributed by atoms with Gasteiger partial charge in [0.2, 0.25) is 0 Å². The molecule has 2 rings (SSSR count). The Morgan fingerprint density at radius 3 is 2.71 bits per heavy atom. The van der Waals surface area contributed by atoms with Crippen molar-refractivity contribution >= 4 is 18.5 Å². The second kappa shape index (κ2) is 6.07. The van der Waals surface area contributed by atoms with Crippen molar-refractivity contribution in [3.05, 3.63) is 33.1 Å². The lowest BCUT2D eigenvalue weighted by atomic mass is 10.1. The summed E-state index contributed by atoms with van der Waals surface area (Å²) in [5.41, 5.74) is 4.53. The van der Waals surface area contributed by atoms with Gasteiger partial charge >= 0.3 is 12.4 Å². The van der Waals surface area contributed by atoms with Crippen LogP contribution in [0.3, 0.4) is 0 Å². The minimum atomic E-state index is -4.02. The van der Waals surface area contributed by atoms with Gasteiger partial charge in [-0.1, -0.05) is 0 Å². The summed E-state index contributed by atoms with van der Waals surface area (Å²) in [7, 11) is 0. The summed E-state index contributed by atoms with van der Waals surface area (Å²) in [5.74, 6) is 0. The number of rotatable bonds is 4. The van der Waals surface area contributed by atoms with Gasteiger partial charge < -0.3 is 29.9 Å². The zero-order chi connectivity index (χ0) is 15.8. The van der Waals surface area contributed by atoms with E-state index in [-0.39, 0.29) is 0 Å². The maximum atomic E-state index is 11.7. The van der Waals surface area contributed by atoms with Crippen molar-refractivity contribution in [3.63, 3.8) is 0 Å². The Morgan fingerprint density at radius 2 is 2.19 bits per heavy atom. The van der Waals surface area contributed by atoms with Crippen LogP contribution < -0.4 is 17.0 Å². The highest BCUT2D eigenvalue weighted by Crippen LogP contribution is 2.43. The lowest BCUT2D eigenvalue weighted by Gasteiger charge is -2.22. The molecule has 1 saturated heterocycles. The van der Waals surface area contributed by atoms with E-state index in [2.05, 4.69) is 11.8 Å². The van der Waals surface area contributed by atoms with Crippen LogP contribution in [0.25, 0.3) is 0 Å². The van der Waals surface area contributed by atoms with Gasteiger partial charge in [0.1, 0.15) is 12.2 Å². The number of ether oxygens (including phenoxy) is 1. The molecular formula is C9H14N3O7PS. The fourth-order valence-electron chi connectivity index (χ4n) is 2.08. The Morgan fingerprint density at radius 1 is 1.52 bits per heavy atom. The normalized spacial score (nSPS) is 29.7. The molecule has 12 heteroatoms. The number of hydrogen-bond acceptors (Lipinski definition) is 7. The third-order valence-corrected chi connectivity index (χ3v) is 3.73. The number of aliphatic hydroxyl groups excluding tert-OH is 1. The van der Waals surface area contributed by atoms with Crippen molar-refractivity contribution in [2.75, 3.05) is 6.61 Å². The van der Waals surface area contributed by atoms with Crippen LogP contribution in [-0.4, -0.2) is 49.3 Å². The van der Waals surface area contributed by atoms with Gasteiger partial charge in [0, 0.05) is 12.3 Å². The van der Waals surface area contributed by atoms with Gasteiger partial charge in [0.15, 0.2) is 6.23 Å². The first-order chi connectivity index (χ1) is 9.73. The van der Waals surface area contributed by atoms with Crippen LogP contribution in [0.2, 0.25) is 0 Å². The van der Waals surface area contributed by atoms with E-state index in [1.165, 1.54) is 6.20 Å². The molecule has 21 heavy (non-hydrogen) atoms. The van der Waals surface area contributed by atoms with E-state index in [4.69, 9.17) is 15.0 Å². The maximum absolute atomic E-state index is 11.7. The van der Waals surface area contributed by atoms with Crippen molar-refractivity contribution in [1.82, 2.24) is 9.55 Å². The Labute approximate surface area is 123 Å². The summed E-state index contributed by atoms with van der Waals surface area (Å²) in [5, 5.41) is 9.24. The molecule has 1 aliphatic rings. The summed E-state index contributed by atoms with van der Waals surface area (Å²) in [6.07, 6.45) is -1.99. The van der Waals surface area contributed by atoms with E-state index >= 15 is 0 Å². The molecule has 4 atom stereocenters. The summed E-state index contributed by atoms with van der Waals surface area (Å²) in [4.78, 5) is 43.2. The molecule has 1 aliphatic heterocycles. The minimum Gasteiger partial charge on any atom is -0.394 e. The number of H-pyrrole nitrogens is 1. The van der Waals surface area contributed by atoms with Gasteiger partial charge in [0.05, 0.1) is 12.6 Å². The quantitative estimate of drug-likeness (QED) is 0.369. The molecule has 0 amide bonds. The van der Waals surface area contributed by atoms with E-state index in [1.54, 1.807) is 0 Å². The van der Waals surface area contributed by atoms with Crippen molar-refractivity contribution in [2.45, 2.75) is 24.5 Å². The lowest BCUT2D eigenvalue weighted by Crippen LogP contribution is -2.43. The molecule has 0 saturated carbocycles. The average molecular weight is 339 g/mol. The summed E-state index contributed by atoms with van der Waals surface area (Å²) < 4.78 is 11.3. The number of aromatic nitrogens is 2. The van der Waals surface area contributed by atoms with Gasteiger partial charge in [-0.05, 0) is 11.8 Å². The molecule has 10 nitrogen and oxygen atoms in total. The van der Waals surface area contributed by atoms with E-state index in [1.807, 2.05) is 4.98 Å². The van der Waals surface area contributed by atoms with Crippen LogP contribution in [-0.2, 0) is 21.1 Å². The van der Waals surface area contributed by atoms with Gasteiger partial charge in [0.25, 0.3) is 5.56 Å². The van der Waals surface area contributed by atoms with Crippen LogP contribution in [0, 0.1) is 0 Å². The first-order valence-corrected chi connectivity index (χ1v) is 8.43. The number of nitrogens with two attached hydrogens (primary N) is 1. The second-order valence-electron chi connectivity index (χ2n) is 4.40. The summed E-state index contributed by atoms with van der Waals surface area (Å²) in [6, 6.07) is 0.0922. The third-order valence-electron chi connectivity index (χ3n) is 2.95. The number of hydrogen-bond donors (Lipinski definition) is 5. The van der Waals surface area contributed by atoms with Crippen LogP contribution in [0.15, 0.2) is 21.9 Å². The molecule has 0 aromatic carbocycles. The number of nitrogens with one attached hydrogen (secondary N) is 1. The van der Waals surface area contributed by atoms with Crippen LogP contribution in [0.5, 0.6) is 0 Å². The van der Waals surface area contributed by atoms with E-state index in [0.717, 1.165) is 10.6 Å². The molecule has 0 unspecified atom stereocenters. The standard InChI is InChI=1S/C9H14N3O7PS/c10-6-7(19-20(16,17)21)4(3-13)18-8(6)12-2-1-5(14)11-9(12)15/h1-2,4,6-8,13H,3,10H2,(H,11,14,15)(H2,16,17,21)/t4-,6-,7-,8-/m1/s1. The predicted octanol–water partition coefficient (Wildman–Crippen LogP) is -2.65. The highest BCUT2D eigenvalue weighted by Gasteiger charge is 2.46. The molecule has 0 spiro atoms. The Bertz CT molecular complexity index is 670. The zero-order valence-corrected chi connectivity index (χ0v) is 12.2. The lowest BCUT2D eigenvalue weighted by molar-refractivity contribution is -0.0442. The molecule has 118 valence electrons. The predicted molar refractivity (Wildman–Crippen MR) is 73.9 cm³/mol. The van der Waals surface area contributed by atoms with Gasteiger partial charge in [-0.3, -0.25) is 14.3 Å². The topological polar surface area (TPSA) is 160 Å². The maximum Gasteiger partial charge on any atom is 0.330 e. The molecule has 0 aliphatic carbocycles. The van der Waals surface area contributed by atoms with Gasteiger partial charge in [-0.15, -0.1) is 0 Å². The smallest absolute Gasteiger partial charge is 0.330 e. The Balaban J connectivity index is 2.33. The van der Waals surface area contributed by atoms with Crippen LogP contribution >= 0.6 is 6.72 Å². The molecule has 0 radical (unpaired) electrons. The third kappa shape index (κ3) is 3.65. The van der Waals surface area contributed by atoms with Gasteiger partial charge in [-0.25, -0.2) is 4.79 Å². The summed E-state index contributed by atoms with van der Waals surface area (Å²) >= 11 is 4.36. The fourth-order valence-corrected chi connectivity index (χ4v) is 2.97. The molecule has 6 N–H and O–H groups in total. The van der Waals surface area contributed by atoms with Crippen molar-refractivity contribution in [3.8, 4) is 0 Å². The molecule has 2 heterocycles. The molecular weight excluding hydrogens is 325 g/mol. The van der Waals surface area contributed by atoms with E-state index in [0.29, 0.717) is 0 Å². The highest BCUT2D eigenvalue weighted by atomic mass is 32.5. The Kier molecular flexibility index (Phi) is 4.76. The average Bonchev–Trinajstić information content (AvgIpc) is 2.65. The van der Waals surface area contributed by atoms with Crippen molar-refractivity contribution < 1.29 is 24.2 Å². The summed E-state index contributed by atoms with van der Waals surface area (Å²) in [6.45, 7) is -4.55. The SMILES string of the molecule is N[C@@H]1[C@H](OP(O)(O)=S)[C@@H](CO)O[C@H]1n1ccc(=O)[nH]c1=O. The molecule has 1 aromatic heterocycles. The fraction of sp³-hybridized carbons (Fsp3) is 0.556. The minimum absolute atomic E-state index is 0.525. The van der Waals surface area contributed by atoms with E-state index in [9.17, 15) is 24.5 Å².